The van der Waals surface area contributed by atoms with E-state index >= 15 is 0 Å². The molecule has 11 nitrogen and oxygen atoms in total. The van der Waals surface area contributed by atoms with Gasteiger partial charge < -0.3 is 5.32 Å². The molecule has 0 spiro atoms. The van der Waals surface area contributed by atoms with Gasteiger partial charge in [0.25, 0.3) is 11.2 Å². The molecule has 0 aliphatic heterocycles. The molecule has 1 N–H and O–H groups in total. The quantitative estimate of drug-likeness (QED) is 0.520. The van der Waals surface area contributed by atoms with Crippen molar-refractivity contribution in [3.8, 4) is 11.9 Å². The number of carbonyl (C=O) groups is 1. The zero-order chi connectivity index (χ0) is 20.3. The third-order valence-electron chi connectivity index (χ3n) is 3.89. The molecule has 0 aliphatic rings. The maximum Gasteiger partial charge on any atom is 0.270 e. The highest BCUT2D eigenvalue weighted by Gasteiger charge is 2.20. The molecule has 0 saturated heterocycles. The Bertz CT molecular complexity index is 1150. The molecule has 2 aromatic heterocycles. The van der Waals surface area contributed by atoms with Gasteiger partial charge in [-0.25, -0.2) is 9.36 Å². The van der Waals surface area contributed by atoms with Crippen molar-refractivity contribution in [1.29, 1.82) is 5.26 Å². The van der Waals surface area contributed by atoms with Crippen molar-refractivity contribution in [2.75, 3.05) is 5.32 Å². The fourth-order valence-corrected chi connectivity index (χ4v) is 2.41. The number of non-ortho nitro benzene ring substituents is 1. The molecule has 0 radical (unpaired) electrons. The van der Waals surface area contributed by atoms with Crippen molar-refractivity contribution < 1.29 is 9.72 Å². The van der Waals surface area contributed by atoms with Crippen LogP contribution in [0.3, 0.4) is 0 Å². The number of nitrogens with zero attached hydrogens (tertiary/aromatic N) is 6. The Morgan fingerprint density at radius 3 is 2.79 bits per heavy atom. The monoisotopic (exact) mass is 379 g/mol. The van der Waals surface area contributed by atoms with Crippen LogP contribution in [0.1, 0.15) is 18.5 Å². The van der Waals surface area contributed by atoms with E-state index in [2.05, 4.69) is 15.5 Å². The summed E-state index contributed by atoms with van der Waals surface area (Å²) in [4.78, 5) is 34.9. The zero-order valence-electron chi connectivity index (χ0n) is 14.5. The van der Waals surface area contributed by atoms with Crippen molar-refractivity contribution in [3.63, 3.8) is 0 Å². The number of nitro benzene ring substituents is 1. The van der Waals surface area contributed by atoms with Crippen LogP contribution in [0.2, 0.25) is 0 Å². The average molecular weight is 379 g/mol. The third kappa shape index (κ3) is 3.61. The Balaban J connectivity index is 1.88. The summed E-state index contributed by atoms with van der Waals surface area (Å²) in [7, 11) is 0. The molecule has 3 aromatic rings. The van der Waals surface area contributed by atoms with Crippen LogP contribution < -0.4 is 10.9 Å². The first kappa shape index (κ1) is 18.5. The average Bonchev–Trinajstić information content (AvgIpc) is 3.22. The van der Waals surface area contributed by atoms with Gasteiger partial charge in [-0.1, -0.05) is 0 Å². The fourth-order valence-electron chi connectivity index (χ4n) is 2.41. The second-order valence-electron chi connectivity index (χ2n) is 5.69. The van der Waals surface area contributed by atoms with Crippen molar-refractivity contribution in [3.05, 3.63) is 74.8 Å². The Labute approximate surface area is 157 Å². The summed E-state index contributed by atoms with van der Waals surface area (Å²) in [5, 5.41) is 30.7. The van der Waals surface area contributed by atoms with E-state index in [4.69, 9.17) is 0 Å². The Morgan fingerprint density at radius 1 is 1.36 bits per heavy atom. The standard InChI is InChI=1S/C17H13N7O4/c1-11(23-16(25)6-5-15(21-23)22-8-2-7-19-22)17(26)20-14-4-3-13(24(27)28)9-12(14)10-18/h2-9,11H,1H3,(H,20,26). The number of nitriles is 1. The van der Waals surface area contributed by atoms with Gasteiger partial charge >= 0.3 is 0 Å². The smallest absolute Gasteiger partial charge is 0.270 e. The maximum atomic E-state index is 12.6. The molecular formula is C17H13N7O4. The van der Waals surface area contributed by atoms with Gasteiger partial charge in [0.15, 0.2) is 5.82 Å². The minimum Gasteiger partial charge on any atom is -0.323 e. The minimum atomic E-state index is -1.01. The van der Waals surface area contributed by atoms with Crippen LogP contribution in [0.5, 0.6) is 0 Å². The van der Waals surface area contributed by atoms with Gasteiger partial charge in [-0.2, -0.15) is 10.4 Å². The predicted molar refractivity (Wildman–Crippen MR) is 96.8 cm³/mol. The lowest BCUT2D eigenvalue weighted by Gasteiger charge is -2.15. The summed E-state index contributed by atoms with van der Waals surface area (Å²) in [5.41, 5.74) is -0.739. The number of hydrogen-bond donors (Lipinski definition) is 1. The number of benzene rings is 1. The molecule has 3 rings (SSSR count). The molecule has 2 heterocycles. The Hall–Kier alpha value is -4.33. The topological polar surface area (TPSA) is 149 Å². The molecule has 1 unspecified atom stereocenters. The number of nitrogens with one attached hydrogen (secondary N) is 1. The van der Waals surface area contributed by atoms with Crippen molar-refractivity contribution in [2.24, 2.45) is 0 Å². The Morgan fingerprint density at radius 2 is 2.14 bits per heavy atom. The molecule has 0 bridgehead atoms. The highest BCUT2D eigenvalue weighted by Crippen LogP contribution is 2.22. The molecule has 0 aliphatic carbocycles. The van der Waals surface area contributed by atoms with Gasteiger partial charge in [0.1, 0.15) is 12.1 Å². The van der Waals surface area contributed by atoms with Crippen molar-refractivity contribution in [2.45, 2.75) is 13.0 Å². The van der Waals surface area contributed by atoms with Gasteiger partial charge in [-0.05, 0) is 25.1 Å². The van der Waals surface area contributed by atoms with E-state index in [1.165, 1.54) is 35.9 Å². The normalized spacial score (nSPS) is 11.4. The predicted octanol–water partition coefficient (Wildman–Crippen LogP) is 1.41. The number of aromatic nitrogens is 4. The fraction of sp³-hybridized carbons (Fsp3) is 0.118. The summed E-state index contributed by atoms with van der Waals surface area (Å²) in [6.07, 6.45) is 3.18. The zero-order valence-corrected chi connectivity index (χ0v) is 14.5. The summed E-state index contributed by atoms with van der Waals surface area (Å²) < 4.78 is 2.43. The summed E-state index contributed by atoms with van der Waals surface area (Å²) in [6.45, 7) is 1.47. The molecule has 1 amide bonds. The van der Waals surface area contributed by atoms with Crippen LogP contribution in [-0.4, -0.2) is 30.4 Å². The van der Waals surface area contributed by atoms with E-state index in [0.29, 0.717) is 5.82 Å². The SMILES string of the molecule is CC(C(=O)Nc1ccc([N+](=O)[O-])cc1C#N)n1nc(-n2cccn2)ccc1=O. The van der Waals surface area contributed by atoms with Gasteiger partial charge in [-0.3, -0.25) is 19.7 Å². The summed E-state index contributed by atoms with van der Waals surface area (Å²) >= 11 is 0. The number of carbonyl (C=O) groups excluding carboxylic acids is 1. The number of rotatable bonds is 5. The number of nitro groups is 1. The molecule has 140 valence electrons. The first-order chi connectivity index (χ1) is 13.4. The second kappa shape index (κ2) is 7.50. The molecule has 0 saturated carbocycles. The second-order valence-corrected chi connectivity index (χ2v) is 5.69. The van der Waals surface area contributed by atoms with E-state index in [1.807, 2.05) is 0 Å². The van der Waals surface area contributed by atoms with Crippen molar-refractivity contribution in [1.82, 2.24) is 19.6 Å². The van der Waals surface area contributed by atoms with Gasteiger partial charge in [0.2, 0.25) is 5.91 Å². The largest absolute Gasteiger partial charge is 0.323 e. The van der Waals surface area contributed by atoms with Gasteiger partial charge in [0.05, 0.1) is 16.2 Å². The van der Waals surface area contributed by atoms with Crippen LogP contribution in [0, 0.1) is 21.4 Å². The van der Waals surface area contributed by atoms with Crippen LogP contribution >= 0.6 is 0 Å². The van der Waals surface area contributed by atoms with Crippen LogP contribution in [0.4, 0.5) is 11.4 Å². The van der Waals surface area contributed by atoms with Crippen LogP contribution in [0.15, 0.2) is 53.6 Å². The minimum absolute atomic E-state index is 0.0691. The highest BCUT2D eigenvalue weighted by molar-refractivity contribution is 5.94. The molecule has 1 atom stereocenters. The van der Waals surface area contributed by atoms with Gasteiger partial charge in [0, 0.05) is 30.6 Å². The molecule has 1 aromatic carbocycles. The maximum absolute atomic E-state index is 12.6. The third-order valence-corrected chi connectivity index (χ3v) is 3.89. The molecule has 0 fully saturated rings. The first-order valence-corrected chi connectivity index (χ1v) is 8.00. The van der Waals surface area contributed by atoms with E-state index < -0.39 is 22.4 Å². The van der Waals surface area contributed by atoms with Crippen LogP contribution in [-0.2, 0) is 4.79 Å². The number of anilines is 1. The van der Waals surface area contributed by atoms with E-state index in [9.17, 15) is 25.0 Å². The molecule has 28 heavy (non-hydrogen) atoms. The van der Waals surface area contributed by atoms with E-state index in [1.54, 1.807) is 24.5 Å². The molecule has 11 heteroatoms. The van der Waals surface area contributed by atoms with E-state index in [-0.39, 0.29) is 16.9 Å². The van der Waals surface area contributed by atoms with Crippen molar-refractivity contribution >= 4 is 17.3 Å². The Kier molecular flexibility index (Phi) is 4.95. The van der Waals surface area contributed by atoms with Gasteiger partial charge in [-0.15, -0.1) is 5.10 Å². The lowest BCUT2D eigenvalue weighted by atomic mass is 10.1. The first-order valence-electron chi connectivity index (χ1n) is 8.00. The van der Waals surface area contributed by atoms with E-state index in [0.717, 1.165) is 10.7 Å². The summed E-state index contributed by atoms with van der Waals surface area (Å²) in [6, 6.07) is 8.70. The lowest BCUT2D eigenvalue weighted by molar-refractivity contribution is -0.384. The number of hydrogen-bond acceptors (Lipinski definition) is 7. The highest BCUT2D eigenvalue weighted by atomic mass is 16.6. The van der Waals surface area contributed by atoms with Crippen LogP contribution in [0.25, 0.3) is 5.82 Å². The lowest BCUT2D eigenvalue weighted by Crippen LogP contribution is -2.33. The number of amides is 1. The summed E-state index contributed by atoms with van der Waals surface area (Å²) in [5.74, 6) is -0.269. The molecular weight excluding hydrogens is 366 g/mol.